The molecule has 0 radical (unpaired) electrons. The van der Waals surface area contributed by atoms with E-state index in [9.17, 15) is 20.4 Å². The number of rotatable bonds is 4. The first kappa shape index (κ1) is 14.8. The molecule has 17 heavy (non-hydrogen) atoms. The fraction of sp³-hybridized carbons (Fsp3) is 1.00. The lowest BCUT2D eigenvalue weighted by molar-refractivity contribution is -0.271. The Morgan fingerprint density at radius 3 is 1.94 bits per heavy atom. The Hall–Kier alpha value is -0.240. The molecule has 6 heteroatoms. The van der Waals surface area contributed by atoms with Crippen LogP contribution in [0.2, 0.25) is 0 Å². The summed E-state index contributed by atoms with van der Waals surface area (Å²) >= 11 is 0. The first-order valence-electron chi connectivity index (χ1n) is 5.94. The molecule has 1 rings (SSSR count). The maximum absolute atomic E-state index is 10.3. The van der Waals surface area contributed by atoms with Crippen LogP contribution in [0.4, 0.5) is 0 Å². The van der Waals surface area contributed by atoms with E-state index in [1.54, 1.807) is 13.8 Å². The van der Waals surface area contributed by atoms with Crippen LogP contribution in [0.3, 0.4) is 0 Å². The quantitative estimate of drug-likeness (QED) is 0.410. The van der Waals surface area contributed by atoms with Gasteiger partial charge in [0.05, 0.1) is 12.2 Å². The van der Waals surface area contributed by atoms with Gasteiger partial charge in [-0.05, 0) is 12.8 Å². The van der Waals surface area contributed by atoms with Crippen molar-refractivity contribution in [3.8, 4) is 0 Å². The SMILES string of the molecule is CCC(O)(CC)[C@@H]1O[C@H](CO)[C@@H](O)[C@H](O)[C@@H]1O. The molecule has 0 bridgehead atoms. The van der Waals surface area contributed by atoms with Crippen LogP contribution >= 0.6 is 0 Å². The predicted molar refractivity (Wildman–Crippen MR) is 59.3 cm³/mol. The van der Waals surface area contributed by atoms with Crippen molar-refractivity contribution in [2.75, 3.05) is 6.61 Å². The number of hydrogen-bond donors (Lipinski definition) is 5. The summed E-state index contributed by atoms with van der Waals surface area (Å²) in [5.41, 5.74) is -1.28. The molecular formula is C11H22O6. The van der Waals surface area contributed by atoms with Crippen LogP contribution in [0.15, 0.2) is 0 Å². The average molecular weight is 250 g/mol. The minimum atomic E-state index is -1.43. The topological polar surface area (TPSA) is 110 Å². The molecular weight excluding hydrogens is 228 g/mol. The van der Waals surface area contributed by atoms with Crippen molar-refractivity contribution in [3.05, 3.63) is 0 Å². The molecule has 5 atom stereocenters. The molecule has 102 valence electrons. The molecule has 0 aliphatic carbocycles. The molecule has 0 unspecified atom stereocenters. The molecule has 0 aromatic rings. The molecule has 1 fully saturated rings. The number of aliphatic hydroxyl groups excluding tert-OH is 4. The van der Waals surface area contributed by atoms with Gasteiger partial charge in [0, 0.05) is 0 Å². The summed E-state index contributed by atoms with van der Waals surface area (Å²) in [7, 11) is 0. The molecule has 1 heterocycles. The number of aliphatic hydroxyl groups is 5. The van der Waals surface area contributed by atoms with Crippen LogP contribution in [-0.4, -0.2) is 68.3 Å². The number of hydrogen-bond acceptors (Lipinski definition) is 6. The predicted octanol–water partition coefficient (Wildman–Crippen LogP) is -1.62. The highest BCUT2D eigenvalue weighted by Gasteiger charge is 2.50. The van der Waals surface area contributed by atoms with E-state index in [0.717, 1.165) is 0 Å². The summed E-state index contributed by atoms with van der Waals surface area (Å²) in [4.78, 5) is 0. The minimum Gasteiger partial charge on any atom is -0.394 e. The van der Waals surface area contributed by atoms with E-state index in [4.69, 9.17) is 9.84 Å². The van der Waals surface area contributed by atoms with Crippen molar-refractivity contribution < 1.29 is 30.3 Å². The van der Waals surface area contributed by atoms with Gasteiger partial charge in [0.1, 0.15) is 30.5 Å². The summed E-state index contributed by atoms with van der Waals surface area (Å²) in [6.45, 7) is 3.00. The number of ether oxygens (including phenoxy) is 1. The minimum absolute atomic E-state index is 0.339. The fourth-order valence-corrected chi connectivity index (χ4v) is 2.20. The van der Waals surface area contributed by atoms with Gasteiger partial charge in [-0.2, -0.15) is 0 Å². The second kappa shape index (κ2) is 5.60. The normalized spacial score (nSPS) is 39.4. The van der Waals surface area contributed by atoms with Gasteiger partial charge < -0.3 is 30.3 Å². The van der Waals surface area contributed by atoms with Crippen LogP contribution in [0.5, 0.6) is 0 Å². The van der Waals surface area contributed by atoms with Crippen molar-refractivity contribution >= 4 is 0 Å². The van der Waals surface area contributed by atoms with Crippen LogP contribution in [0.1, 0.15) is 26.7 Å². The molecule has 6 nitrogen and oxygen atoms in total. The highest BCUT2D eigenvalue weighted by Crippen LogP contribution is 2.32. The Balaban J connectivity index is 2.92. The first-order chi connectivity index (χ1) is 7.91. The van der Waals surface area contributed by atoms with E-state index in [0.29, 0.717) is 12.8 Å². The standard InChI is InChI=1S/C11H22O6/c1-3-11(16,4-2)10-9(15)8(14)7(13)6(5-12)17-10/h6-10,12-16H,3-5H2,1-2H3/t6-,7-,8+,9+,10-/m1/s1. The third-order valence-electron chi connectivity index (χ3n) is 3.65. The van der Waals surface area contributed by atoms with Crippen molar-refractivity contribution in [3.63, 3.8) is 0 Å². The van der Waals surface area contributed by atoms with E-state index in [2.05, 4.69) is 0 Å². The maximum Gasteiger partial charge on any atom is 0.115 e. The van der Waals surface area contributed by atoms with Crippen LogP contribution in [0, 0.1) is 0 Å². The molecule has 0 saturated carbocycles. The summed E-state index contributed by atoms with van der Waals surface area (Å²) < 4.78 is 5.32. The smallest absolute Gasteiger partial charge is 0.115 e. The Kier molecular flexibility index (Phi) is 4.88. The molecule has 0 spiro atoms. The monoisotopic (exact) mass is 250 g/mol. The lowest BCUT2D eigenvalue weighted by atomic mass is 9.82. The van der Waals surface area contributed by atoms with Gasteiger partial charge in [0.15, 0.2) is 0 Å². The van der Waals surface area contributed by atoms with Crippen LogP contribution < -0.4 is 0 Å². The molecule has 1 aliphatic rings. The van der Waals surface area contributed by atoms with Gasteiger partial charge in [-0.15, -0.1) is 0 Å². The van der Waals surface area contributed by atoms with Crippen molar-refractivity contribution in [1.29, 1.82) is 0 Å². The van der Waals surface area contributed by atoms with Crippen molar-refractivity contribution in [1.82, 2.24) is 0 Å². The zero-order valence-corrected chi connectivity index (χ0v) is 10.2. The average Bonchev–Trinajstić information content (AvgIpc) is 2.35. The van der Waals surface area contributed by atoms with Crippen LogP contribution in [-0.2, 0) is 4.74 Å². The zero-order chi connectivity index (χ0) is 13.2. The summed E-state index contributed by atoms with van der Waals surface area (Å²) in [5, 5.41) is 48.4. The summed E-state index contributed by atoms with van der Waals surface area (Å²) in [5.74, 6) is 0. The third kappa shape index (κ3) is 2.62. The second-order valence-corrected chi connectivity index (χ2v) is 4.56. The molecule has 5 N–H and O–H groups in total. The van der Waals surface area contributed by atoms with E-state index < -0.39 is 42.7 Å². The van der Waals surface area contributed by atoms with Gasteiger partial charge in [0.25, 0.3) is 0 Å². The highest BCUT2D eigenvalue weighted by molar-refractivity contribution is 5.00. The van der Waals surface area contributed by atoms with Crippen LogP contribution in [0.25, 0.3) is 0 Å². The summed E-state index contributed by atoms with van der Waals surface area (Å²) in [6.07, 6.45) is -5.51. The van der Waals surface area contributed by atoms with Crippen molar-refractivity contribution in [2.45, 2.75) is 62.8 Å². The van der Waals surface area contributed by atoms with E-state index in [1.807, 2.05) is 0 Å². The largest absolute Gasteiger partial charge is 0.394 e. The Morgan fingerprint density at radius 2 is 1.53 bits per heavy atom. The summed E-state index contributed by atoms with van der Waals surface area (Å²) in [6, 6.07) is 0. The Morgan fingerprint density at radius 1 is 1.00 bits per heavy atom. The zero-order valence-electron chi connectivity index (χ0n) is 10.2. The molecule has 0 aromatic heterocycles. The second-order valence-electron chi connectivity index (χ2n) is 4.56. The van der Waals surface area contributed by atoms with Gasteiger partial charge >= 0.3 is 0 Å². The Labute approximate surface area is 100 Å². The molecule has 0 amide bonds. The van der Waals surface area contributed by atoms with Gasteiger partial charge in [-0.3, -0.25) is 0 Å². The Bertz CT molecular complexity index is 240. The lowest BCUT2D eigenvalue weighted by Gasteiger charge is -2.46. The van der Waals surface area contributed by atoms with Crippen molar-refractivity contribution in [2.24, 2.45) is 0 Å². The van der Waals surface area contributed by atoms with E-state index in [1.165, 1.54) is 0 Å². The fourth-order valence-electron chi connectivity index (χ4n) is 2.20. The lowest BCUT2D eigenvalue weighted by Crippen LogP contribution is -2.64. The van der Waals surface area contributed by atoms with Gasteiger partial charge in [-0.25, -0.2) is 0 Å². The third-order valence-corrected chi connectivity index (χ3v) is 3.65. The highest BCUT2D eigenvalue weighted by atomic mass is 16.6. The van der Waals surface area contributed by atoms with Gasteiger partial charge in [0.2, 0.25) is 0 Å². The molecule has 0 aromatic carbocycles. The first-order valence-corrected chi connectivity index (χ1v) is 5.94. The van der Waals surface area contributed by atoms with E-state index in [-0.39, 0.29) is 0 Å². The van der Waals surface area contributed by atoms with E-state index >= 15 is 0 Å². The molecule has 1 aliphatic heterocycles. The maximum atomic E-state index is 10.3. The van der Waals surface area contributed by atoms with Gasteiger partial charge in [-0.1, -0.05) is 13.8 Å². The molecule has 1 saturated heterocycles.